The molecule has 2 heterocycles. The Morgan fingerprint density at radius 2 is 1.85 bits per heavy atom. The summed E-state index contributed by atoms with van der Waals surface area (Å²) in [5.41, 5.74) is 0.939. The molecule has 2 aromatic carbocycles. The molecule has 0 aliphatic carbocycles. The summed E-state index contributed by atoms with van der Waals surface area (Å²) in [7, 11) is -0.510. The van der Waals surface area contributed by atoms with Gasteiger partial charge in [0.05, 0.1) is 28.8 Å². The number of thiazole rings is 1. The van der Waals surface area contributed by atoms with Crippen LogP contribution in [0.25, 0.3) is 10.2 Å². The fourth-order valence-corrected chi connectivity index (χ4v) is 6.51. The summed E-state index contributed by atoms with van der Waals surface area (Å²) < 4.78 is 53.6. The Labute approximate surface area is 201 Å². The van der Waals surface area contributed by atoms with Crippen LogP contribution in [0.4, 0.5) is 4.39 Å². The molecule has 1 aliphatic rings. The topological polar surface area (TPSA) is 90.2 Å². The van der Waals surface area contributed by atoms with E-state index in [4.69, 9.17) is 9.47 Å². The van der Waals surface area contributed by atoms with E-state index in [0.717, 1.165) is 28.1 Å². The molecule has 1 fully saturated rings. The predicted molar refractivity (Wildman–Crippen MR) is 127 cm³/mol. The first-order valence-corrected chi connectivity index (χ1v) is 13.1. The molecule has 4 rings (SSSR count). The highest BCUT2D eigenvalue weighted by molar-refractivity contribution is 7.89. The SMILES string of the molecule is COCCn1c(=NC(=O)C2CCN(S(=O)(=O)c3ccc(F)cc3)CC2)sc2cc(OC)ccc21. The lowest BCUT2D eigenvalue weighted by atomic mass is 9.98. The maximum absolute atomic E-state index is 13.2. The molecule has 11 heteroatoms. The Balaban J connectivity index is 1.53. The number of carbonyl (C=O) groups excluding carboxylic acids is 1. The molecular formula is C23H26FN3O5S2. The normalized spacial score (nSPS) is 16.3. The summed E-state index contributed by atoms with van der Waals surface area (Å²) in [6, 6.07) is 10.5. The van der Waals surface area contributed by atoms with Gasteiger partial charge in [0, 0.05) is 32.7 Å². The summed E-state index contributed by atoms with van der Waals surface area (Å²) in [6.07, 6.45) is 0.749. The smallest absolute Gasteiger partial charge is 0.251 e. The first-order valence-electron chi connectivity index (χ1n) is 10.8. The van der Waals surface area contributed by atoms with Gasteiger partial charge in [-0.25, -0.2) is 12.8 Å². The standard InChI is InChI=1S/C23H26FN3O5S2/c1-31-14-13-27-20-8-5-18(32-2)15-21(20)33-23(27)25-22(28)16-9-11-26(12-10-16)34(29,30)19-6-3-17(24)4-7-19/h3-8,15-16H,9-14H2,1-2H3. The molecule has 1 aromatic heterocycles. The third-order valence-corrected chi connectivity index (χ3v) is 8.82. The van der Waals surface area contributed by atoms with Crippen LogP contribution in [0.5, 0.6) is 5.75 Å². The number of methoxy groups -OCH3 is 2. The quantitative estimate of drug-likeness (QED) is 0.490. The number of halogens is 1. The number of carbonyl (C=O) groups is 1. The number of amides is 1. The Hall–Kier alpha value is -2.60. The van der Waals surface area contributed by atoms with Gasteiger partial charge in [0.2, 0.25) is 10.0 Å². The molecule has 34 heavy (non-hydrogen) atoms. The third-order valence-electron chi connectivity index (χ3n) is 5.87. The lowest BCUT2D eigenvalue weighted by Crippen LogP contribution is -2.40. The maximum Gasteiger partial charge on any atom is 0.251 e. The van der Waals surface area contributed by atoms with E-state index in [-0.39, 0.29) is 29.8 Å². The fourth-order valence-electron chi connectivity index (χ4n) is 3.95. The van der Waals surface area contributed by atoms with E-state index < -0.39 is 15.8 Å². The first-order chi connectivity index (χ1) is 16.3. The van der Waals surface area contributed by atoms with Crippen molar-refractivity contribution in [1.82, 2.24) is 8.87 Å². The van der Waals surface area contributed by atoms with Gasteiger partial charge in [-0.05, 0) is 55.3 Å². The molecule has 0 saturated carbocycles. The summed E-state index contributed by atoms with van der Waals surface area (Å²) in [5.74, 6) is -0.397. The van der Waals surface area contributed by atoms with Crippen molar-refractivity contribution in [1.29, 1.82) is 0 Å². The van der Waals surface area contributed by atoms with Gasteiger partial charge >= 0.3 is 0 Å². The second-order valence-electron chi connectivity index (χ2n) is 7.95. The second-order valence-corrected chi connectivity index (χ2v) is 10.9. The molecule has 0 unspecified atom stereocenters. The van der Waals surface area contributed by atoms with Crippen molar-refractivity contribution in [3.8, 4) is 5.75 Å². The molecule has 3 aromatic rings. The number of fused-ring (bicyclic) bond motifs is 1. The van der Waals surface area contributed by atoms with Crippen LogP contribution in [0.15, 0.2) is 52.4 Å². The number of benzene rings is 2. The van der Waals surface area contributed by atoms with Gasteiger partial charge in [0.15, 0.2) is 4.80 Å². The van der Waals surface area contributed by atoms with E-state index >= 15 is 0 Å². The average molecular weight is 508 g/mol. The van der Waals surface area contributed by atoms with Crippen LogP contribution in [-0.4, -0.2) is 57.1 Å². The van der Waals surface area contributed by atoms with Crippen LogP contribution in [0, 0.1) is 11.7 Å². The Morgan fingerprint density at radius 3 is 2.50 bits per heavy atom. The van der Waals surface area contributed by atoms with Gasteiger partial charge in [0.25, 0.3) is 5.91 Å². The summed E-state index contributed by atoms with van der Waals surface area (Å²) in [4.78, 5) is 18.1. The number of hydrogen-bond acceptors (Lipinski definition) is 6. The second kappa shape index (κ2) is 10.3. The van der Waals surface area contributed by atoms with E-state index in [1.54, 1.807) is 14.2 Å². The minimum Gasteiger partial charge on any atom is -0.497 e. The van der Waals surface area contributed by atoms with E-state index in [9.17, 15) is 17.6 Å². The van der Waals surface area contributed by atoms with E-state index in [1.165, 1.54) is 27.8 Å². The molecule has 1 aliphatic heterocycles. The molecule has 8 nitrogen and oxygen atoms in total. The number of hydrogen-bond donors (Lipinski definition) is 0. The molecule has 0 atom stereocenters. The van der Waals surface area contributed by atoms with Crippen molar-refractivity contribution in [2.24, 2.45) is 10.9 Å². The minimum atomic E-state index is -3.73. The number of sulfonamides is 1. The number of ether oxygens (including phenoxy) is 2. The minimum absolute atomic E-state index is 0.0447. The molecule has 182 valence electrons. The van der Waals surface area contributed by atoms with Gasteiger partial charge in [-0.2, -0.15) is 9.30 Å². The number of aromatic nitrogens is 1. The predicted octanol–water partition coefficient (Wildman–Crippen LogP) is 3.03. The zero-order valence-electron chi connectivity index (χ0n) is 18.9. The lowest BCUT2D eigenvalue weighted by Gasteiger charge is -2.29. The molecule has 1 saturated heterocycles. The van der Waals surface area contributed by atoms with Crippen LogP contribution in [0.3, 0.4) is 0 Å². The van der Waals surface area contributed by atoms with Crippen LogP contribution in [-0.2, 0) is 26.1 Å². The number of nitrogens with zero attached hydrogens (tertiary/aromatic N) is 3. The maximum atomic E-state index is 13.2. The van der Waals surface area contributed by atoms with Crippen LogP contribution in [0.1, 0.15) is 12.8 Å². The van der Waals surface area contributed by atoms with Crippen molar-refractivity contribution >= 4 is 37.5 Å². The number of piperidine rings is 1. The van der Waals surface area contributed by atoms with Gasteiger partial charge in [-0.1, -0.05) is 11.3 Å². The largest absolute Gasteiger partial charge is 0.497 e. The van der Waals surface area contributed by atoms with E-state index in [0.29, 0.717) is 30.8 Å². The van der Waals surface area contributed by atoms with Gasteiger partial charge < -0.3 is 14.0 Å². The van der Waals surface area contributed by atoms with E-state index in [1.807, 2.05) is 22.8 Å². The zero-order chi connectivity index (χ0) is 24.3. The van der Waals surface area contributed by atoms with Crippen LogP contribution in [0.2, 0.25) is 0 Å². The highest BCUT2D eigenvalue weighted by Crippen LogP contribution is 2.26. The van der Waals surface area contributed by atoms with Crippen LogP contribution >= 0.6 is 11.3 Å². The highest BCUT2D eigenvalue weighted by Gasteiger charge is 2.32. The van der Waals surface area contributed by atoms with Crippen molar-refractivity contribution in [3.05, 3.63) is 53.1 Å². The summed E-state index contributed by atoms with van der Waals surface area (Å²) in [5, 5.41) is 0. The molecule has 0 radical (unpaired) electrons. The molecule has 0 bridgehead atoms. The van der Waals surface area contributed by atoms with E-state index in [2.05, 4.69) is 4.99 Å². The summed E-state index contributed by atoms with van der Waals surface area (Å²) in [6.45, 7) is 1.43. The summed E-state index contributed by atoms with van der Waals surface area (Å²) >= 11 is 1.40. The fraction of sp³-hybridized carbons (Fsp3) is 0.391. The highest BCUT2D eigenvalue weighted by atomic mass is 32.2. The molecule has 0 N–H and O–H groups in total. The van der Waals surface area contributed by atoms with Crippen molar-refractivity contribution in [2.45, 2.75) is 24.3 Å². The van der Waals surface area contributed by atoms with Crippen molar-refractivity contribution < 1.29 is 27.1 Å². The van der Waals surface area contributed by atoms with Crippen molar-refractivity contribution in [3.63, 3.8) is 0 Å². The zero-order valence-corrected chi connectivity index (χ0v) is 20.6. The average Bonchev–Trinajstić information content (AvgIpc) is 3.18. The van der Waals surface area contributed by atoms with Crippen LogP contribution < -0.4 is 9.54 Å². The first kappa shape index (κ1) is 24.5. The molecular weight excluding hydrogens is 481 g/mol. The van der Waals surface area contributed by atoms with Gasteiger partial charge in [0.1, 0.15) is 11.6 Å². The third kappa shape index (κ3) is 5.07. The monoisotopic (exact) mass is 507 g/mol. The molecule has 0 spiro atoms. The Bertz CT molecular complexity index is 1340. The van der Waals surface area contributed by atoms with Gasteiger partial charge in [-0.15, -0.1) is 0 Å². The Kier molecular flexibility index (Phi) is 7.46. The lowest BCUT2D eigenvalue weighted by molar-refractivity contribution is -0.122. The van der Waals surface area contributed by atoms with Crippen molar-refractivity contribution in [2.75, 3.05) is 33.9 Å². The Morgan fingerprint density at radius 1 is 1.15 bits per heavy atom. The molecule has 1 amide bonds. The number of rotatable bonds is 7. The van der Waals surface area contributed by atoms with Gasteiger partial charge in [-0.3, -0.25) is 4.79 Å².